The molecule has 2 saturated heterocycles. The highest BCUT2D eigenvalue weighted by Gasteiger charge is 2.57. The Balaban J connectivity index is 1.01. The first-order valence-electron chi connectivity index (χ1n) is 42.9. The van der Waals surface area contributed by atoms with Gasteiger partial charge in [0, 0.05) is 43.5 Å². The molecule has 5 saturated carbocycles. The summed E-state index contributed by atoms with van der Waals surface area (Å²) in [6.07, 6.45) is -20.2. The molecule has 0 radical (unpaired) electrons. The summed E-state index contributed by atoms with van der Waals surface area (Å²) in [4.78, 5) is 120. The Morgan fingerprint density at radius 2 is 1.35 bits per heavy atom. The molecule has 37 nitrogen and oxygen atoms in total. The molecule has 13 rings (SSSR count). The maximum atomic E-state index is 16.5. The van der Waals surface area contributed by atoms with E-state index >= 15 is 24.0 Å². The quantitative estimate of drug-likeness (QED) is 0.0368. The predicted octanol–water partition coefficient (Wildman–Crippen LogP) is -1.71. The van der Waals surface area contributed by atoms with E-state index in [1.54, 1.807) is 26.0 Å². The van der Waals surface area contributed by atoms with Crippen molar-refractivity contribution < 1.29 is 126 Å². The lowest BCUT2D eigenvalue weighted by atomic mass is 9.58. The second-order valence-corrected chi connectivity index (χ2v) is 38.5. The van der Waals surface area contributed by atoms with Crippen LogP contribution in [-0.4, -0.2) is 285 Å². The molecule has 7 fully saturated rings. The van der Waals surface area contributed by atoms with Crippen LogP contribution in [0.15, 0.2) is 41.3 Å². The molecule has 11 bridgehead atoms. The van der Waals surface area contributed by atoms with E-state index in [2.05, 4.69) is 54.2 Å². The number of hydrogen-bond donors (Lipinski definition) is 21. The Morgan fingerprint density at radius 1 is 0.713 bits per heavy atom. The number of carboxylic acid groups (broad SMARTS) is 1. The second-order valence-electron chi connectivity index (χ2n) is 35.6. The number of unbranched alkanes of at least 4 members (excludes halogenated alkanes) is 2. The highest BCUT2D eigenvalue weighted by Crippen LogP contribution is 2.51. The fourth-order valence-electron chi connectivity index (χ4n) is 19.5. The maximum absolute atomic E-state index is 16.5. The number of rotatable bonds is 26. The van der Waals surface area contributed by atoms with Crippen LogP contribution in [0.5, 0.6) is 23.0 Å². The van der Waals surface area contributed by atoms with Crippen molar-refractivity contribution in [2.24, 2.45) is 64.7 Å². The molecule has 5 unspecified atom stereocenters. The lowest BCUT2D eigenvalue weighted by Crippen LogP contribution is -2.66. The van der Waals surface area contributed by atoms with Gasteiger partial charge in [0.1, 0.15) is 72.5 Å². The molecule has 2 aromatic carbocycles. The van der Waals surface area contributed by atoms with E-state index in [1.165, 1.54) is 31.3 Å². The molecule has 6 aliphatic heterocycles. The zero-order valence-corrected chi connectivity index (χ0v) is 71.9. The molecule has 5 aliphatic carbocycles. The number of likely N-dealkylation sites (N-methyl/N-ethyl adjacent to an activating group) is 1. The number of halogens is 2. The van der Waals surface area contributed by atoms with Gasteiger partial charge in [-0.1, -0.05) is 33.6 Å². The first-order valence-corrected chi connectivity index (χ1v) is 45.2. The molecule has 40 heteroatoms. The van der Waals surface area contributed by atoms with Crippen LogP contribution in [0.2, 0.25) is 0 Å². The number of nitrogens with one attached hydrogen (secondary N) is 9. The number of carbonyl (C=O) groups excluding carboxylic acids is 7. The molecule has 7 amide bonds. The van der Waals surface area contributed by atoms with Crippen LogP contribution in [0.4, 0.5) is 0 Å². The number of fused-ring (bicyclic) bond motifs is 15. The summed E-state index contributed by atoms with van der Waals surface area (Å²) in [6, 6.07) is -4.53. The van der Waals surface area contributed by atoms with E-state index in [0.29, 0.717) is 12.4 Å². The van der Waals surface area contributed by atoms with Gasteiger partial charge in [-0.25, -0.2) is 17.9 Å². The first-order chi connectivity index (χ1) is 57.8. The van der Waals surface area contributed by atoms with E-state index in [9.17, 15) is 73.9 Å². The normalized spacial score (nSPS) is 38.2. The van der Waals surface area contributed by atoms with Crippen LogP contribution in [0.3, 0.4) is 0 Å². The standard InChI is InChI=1S/C82H125Cl2N11O26S/c1-7-8-9-23-116-43-14-16-44(17-15-43)122(114,115)89-22-10-21-88-34-47-53(98)31-46-61(70(47)103)45-25-38(11-18-52(45)97)62-77(108)95-66(80(111)93-64(46)81(112)113)68(101)40-13-20-55(49(84)27-40)119-57-29-41-28-56(72(57)120-58-30-42(35-96)69(102)71(104)73(58)121-60-33-82(5,86)74(105)37(4)117-60)118-54-19-12-39(26-48(54)83)67(100)65(94-75(106)50(87-6)24-36(2)3)79(110)90-51(32-59(85)99)76(107)91-63(41)78(109)92-62/h14-17,28-29,36-40,42,45-55,58,60-71,73-74,87-89,96-98,100-105H,7-13,18-27,30-35,86H2,1-6H3,(H2,85,99)(H,90,110)(H,91,107)(H,92,109)(H,93,111)(H,94,106)(H,95,108)(H,112,113)/t37-,38-,39-,40-,42+,45?,46?,47?,48+,49-,50+,51-,52+,53-,54+,55+,58+,60-,61?,62+,63+,64-,65+,66-,67+,68+,69+,70?,71-,73-,74+,82-/m0/s1. The summed E-state index contributed by atoms with van der Waals surface area (Å²) in [6.45, 7) is 8.61. The molecule has 2 aromatic rings. The van der Waals surface area contributed by atoms with Crippen LogP contribution in [-0.2, 0) is 57.9 Å². The number of benzene rings is 2. The first kappa shape index (κ1) is 96.0. The lowest BCUT2D eigenvalue weighted by Gasteiger charge is -2.51. The number of aliphatic hydroxyl groups is 9. The lowest BCUT2D eigenvalue weighted by molar-refractivity contribution is -0.286. The third-order valence-corrected chi connectivity index (χ3v) is 28.7. The summed E-state index contributed by atoms with van der Waals surface area (Å²) in [5.41, 5.74) is 10.9. The Kier molecular flexibility index (Phi) is 32.9. The Hall–Kier alpha value is -6.67. The van der Waals surface area contributed by atoms with Crippen molar-refractivity contribution in [3.8, 4) is 23.0 Å². The number of sulfonamides is 1. The van der Waals surface area contributed by atoms with Crippen molar-refractivity contribution in [2.75, 3.05) is 39.9 Å². The Morgan fingerprint density at radius 3 is 1.96 bits per heavy atom. The average Bonchev–Trinajstić information content (AvgIpc) is 0.755. The number of alkyl halides is 2. The van der Waals surface area contributed by atoms with E-state index in [4.69, 9.17) is 63.1 Å². The molecule has 0 aromatic heterocycles. The number of hydrogen-bond acceptors (Lipinski definition) is 28. The monoisotopic (exact) mass is 1780 g/mol. The van der Waals surface area contributed by atoms with Gasteiger partial charge in [0.2, 0.25) is 57.1 Å². The number of primary amides is 1. The summed E-state index contributed by atoms with van der Waals surface area (Å²) in [5, 5.41) is 140. The van der Waals surface area contributed by atoms with Crippen molar-refractivity contribution in [2.45, 2.75) is 299 Å². The second kappa shape index (κ2) is 41.8. The molecule has 0 spiro atoms. The summed E-state index contributed by atoms with van der Waals surface area (Å²) in [5.74, 6) is -19.6. The minimum absolute atomic E-state index is 0.00224. The maximum Gasteiger partial charge on any atom is 0.326 e. The zero-order valence-electron chi connectivity index (χ0n) is 69.5. The van der Waals surface area contributed by atoms with Crippen LogP contribution in [0, 0.1) is 53.3 Å². The van der Waals surface area contributed by atoms with Crippen molar-refractivity contribution in [3.63, 3.8) is 0 Å². The zero-order chi connectivity index (χ0) is 88.7. The van der Waals surface area contributed by atoms with Crippen LogP contribution in [0.1, 0.15) is 162 Å². The number of amides is 7. The number of carboxylic acids is 1. The number of nitrogens with two attached hydrogens (primary N) is 2. The van der Waals surface area contributed by atoms with Gasteiger partial charge in [-0.15, -0.1) is 23.2 Å². The average molecular weight is 1780 g/mol. The Bertz CT molecular complexity index is 4070. The summed E-state index contributed by atoms with van der Waals surface area (Å²) in [7, 11) is -2.46. The largest absolute Gasteiger partial charge is 0.494 e. The predicted molar refractivity (Wildman–Crippen MR) is 438 cm³/mol. The van der Waals surface area contributed by atoms with E-state index in [1.807, 2.05) is 13.8 Å². The van der Waals surface area contributed by atoms with Crippen molar-refractivity contribution in [3.05, 3.63) is 42.0 Å². The van der Waals surface area contributed by atoms with Gasteiger partial charge in [-0.05, 0) is 201 Å². The molecule has 122 heavy (non-hydrogen) atoms. The third kappa shape index (κ3) is 22.6. The van der Waals surface area contributed by atoms with Gasteiger partial charge in [0.05, 0.1) is 83.6 Å². The fraction of sp³-hybridized carbons (Fsp3) is 0.756. The molecule has 32 atom stereocenters. The van der Waals surface area contributed by atoms with Gasteiger partial charge in [0.25, 0.3) is 0 Å². The third-order valence-electron chi connectivity index (χ3n) is 26.3. The van der Waals surface area contributed by atoms with Gasteiger partial charge < -0.3 is 133 Å². The van der Waals surface area contributed by atoms with Gasteiger partial charge in [-0.3, -0.25) is 33.6 Å². The van der Waals surface area contributed by atoms with Crippen molar-refractivity contribution >= 4 is 80.5 Å². The molecular weight excluding hydrogens is 1660 g/mol. The van der Waals surface area contributed by atoms with Crippen LogP contribution in [0.25, 0.3) is 0 Å². The molecule has 11 aliphatic rings. The molecule has 684 valence electrons. The topological polar surface area (TPSA) is 589 Å². The fourth-order valence-corrected chi connectivity index (χ4v) is 21.4. The minimum Gasteiger partial charge on any atom is -0.494 e. The SMILES string of the molecule is CCCCCOc1ccc(S(=O)(=O)NCCCNCC2C(O)C3C4C[C@H](CC[C@H]4O)[C@H]4NC(=O)[C@@H]5NC(=O)[C@H](CC(N)=O)NC(=O)[C@H](NC(=O)[C@@H](CC(C)C)NC)[C@H](O)[C@H]6CC[C@@H](Oc7cc5cc(c7O[C@@H]5C[C@H](CO)[C@@H](O)[C@H](O)[C@H]5O[C@H]5C[C@](C)(N)[C@H](O)[C@H](C)O5)O[C@@H]5CC[C@@H](C[C@@H]5Cl)[C@@H](O)[C@H](NC4=O)C(=O)N[C@H](C(=O)O)C3C[C@@H]2O)[C@H](Cl)C6)cc1. The van der Waals surface area contributed by atoms with Gasteiger partial charge in [-0.2, -0.15) is 0 Å². The number of aliphatic hydroxyl groups excluding tert-OH is 9. The van der Waals surface area contributed by atoms with E-state index < -0.39 is 268 Å². The van der Waals surface area contributed by atoms with Gasteiger partial charge >= 0.3 is 5.97 Å². The Labute approximate surface area is 719 Å². The molecule has 6 heterocycles. The van der Waals surface area contributed by atoms with E-state index in [-0.39, 0.29) is 137 Å². The van der Waals surface area contributed by atoms with Gasteiger partial charge in [0.15, 0.2) is 17.8 Å². The number of ether oxygens (including phenoxy) is 6. The summed E-state index contributed by atoms with van der Waals surface area (Å²) < 4.78 is 68.9. The minimum atomic E-state index is -3.98. The molecule has 23 N–H and O–H groups in total. The highest BCUT2D eigenvalue weighted by molar-refractivity contribution is 7.89. The van der Waals surface area contributed by atoms with Crippen molar-refractivity contribution in [1.29, 1.82) is 0 Å². The highest BCUT2D eigenvalue weighted by atomic mass is 35.5. The van der Waals surface area contributed by atoms with Crippen LogP contribution < -0.4 is 77.7 Å². The molecular formula is C82H125Cl2N11O26S. The smallest absolute Gasteiger partial charge is 0.326 e. The van der Waals surface area contributed by atoms with Crippen molar-refractivity contribution in [1.82, 2.24) is 47.3 Å². The van der Waals surface area contributed by atoms with E-state index in [0.717, 1.165) is 19.3 Å². The number of carbonyl (C=O) groups is 8. The summed E-state index contributed by atoms with van der Waals surface area (Å²) >= 11 is 14.9. The number of aliphatic carboxylic acids is 1. The van der Waals surface area contributed by atoms with Crippen LogP contribution >= 0.6 is 23.2 Å².